The summed E-state index contributed by atoms with van der Waals surface area (Å²) < 4.78 is 11.0. The minimum Gasteiger partial charge on any atom is -0.496 e. The Balaban J connectivity index is 2.37. The summed E-state index contributed by atoms with van der Waals surface area (Å²) in [7, 11) is 3.29. The molecule has 2 rings (SSSR count). The van der Waals surface area contributed by atoms with Crippen molar-refractivity contribution >= 4 is 5.97 Å². The summed E-state index contributed by atoms with van der Waals surface area (Å²) >= 11 is 0. The fourth-order valence-electron chi connectivity index (χ4n) is 2.83. The largest absolute Gasteiger partial charge is 0.496 e. The van der Waals surface area contributed by atoms with E-state index < -0.39 is 5.97 Å². The number of benzene rings is 1. The van der Waals surface area contributed by atoms with Crippen molar-refractivity contribution in [2.75, 3.05) is 20.8 Å². The van der Waals surface area contributed by atoms with Gasteiger partial charge in [-0.3, -0.25) is 4.79 Å². The quantitative estimate of drug-likeness (QED) is 0.873. The average Bonchev–Trinajstić information content (AvgIpc) is 2.95. The van der Waals surface area contributed by atoms with Crippen LogP contribution in [0.2, 0.25) is 0 Å². The van der Waals surface area contributed by atoms with Gasteiger partial charge in [-0.2, -0.15) is 0 Å². The third kappa shape index (κ3) is 3.13. The van der Waals surface area contributed by atoms with Crippen molar-refractivity contribution in [1.29, 1.82) is 0 Å². The van der Waals surface area contributed by atoms with E-state index in [1.807, 2.05) is 12.1 Å². The smallest absolute Gasteiger partial charge is 0.307 e. The van der Waals surface area contributed by atoms with Crippen molar-refractivity contribution in [2.45, 2.75) is 32.2 Å². The van der Waals surface area contributed by atoms with E-state index in [0.717, 1.165) is 22.6 Å². The second-order valence-corrected chi connectivity index (χ2v) is 5.72. The fourth-order valence-corrected chi connectivity index (χ4v) is 2.83. The van der Waals surface area contributed by atoms with Crippen LogP contribution in [0.15, 0.2) is 12.1 Å². The van der Waals surface area contributed by atoms with Crippen LogP contribution in [0.3, 0.4) is 0 Å². The van der Waals surface area contributed by atoms with Crippen LogP contribution in [0.1, 0.15) is 43.4 Å². The molecule has 1 saturated heterocycles. The number of carbonyl (C=O) groups is 1. The Morgan fingerprint density at radius 2 is 1.95 bits per heavy atom. The Bertz CT molecular complexity index is 527. The molecule has 2 unspecified atom stereocenters. The van der Waals surface area contributed by atoms with Crippen molar-refractivity contribution < 1.29 is 19.4 Å². The zero-order valence-corrected chi connectivity index (χ0v) is 13.0. The second kappa shape index (κ2) is 6.35. The zero-order chi connectivity index (χ0) is 15.6. The Morgan fingerprint density at radius 1 is 1.29 bits per heavy atom. The van der Waals surface area contributed by atoms with Crippen molar-refractivity contribution in [1.82, 2.24) is 5.32 Å². The van der Waals surface area contributed by atoms with Gasteiger partial charge in [0.2, 0.25) is 0 Å². The van der Waals surface area contributed by atoms with Gasteiger partial charge in [-0.15, -0.1) is 0 Å². The Hall–Kier alpha value is -1.75. The maximum atomic E-state index is 11.1. The number of rotatable bonds is 5. The van der Waals surface area contributed by atoms with Crippen LogP contribution in [0.4, 0.5) is 0 Å². The van der Waals surface area contributed by atoms with Gasteiger partial charge in [0.1, 0.15) is 11.5 Å². The van der Waals surface area contributed by atoms with Crippen molar-refractivity contribution in [3.05, 3.63) is 23.3 Å². The highest BCUT2D eigenvalue weighted by Gasteiger charge is 2.32. The van der Waals surface area contributed by atoms with E-state index in [1.54, 1.807) is 14.2 Å². The highest BCUT2D eigenvalue weighted by molar-refractivity contribution is 5.71. The summed E-state index contributed by atoms with van der Waals surface area (Å²) in [6.07, 6.45) is 0.565. The van der Waals surface area contributed by atoms with Gasteiger partial charge in [0, 0.05) is 23.7 Å². The number of hydrogen-bond acceptors (Lipinski definition) is 4. The fraction of sp³-hybridized carbons (Fsp3) is 0.562. The number of hydrogen-bond donors (Lipinski definition) is 2. The van der Waals surface area contributed by atoms with Crippen LogP contribution in [0.25, 0.3) is 0 Å². The summed E-state index contributed by atoms with van der Waals surface area (Å²) in [5.41, 5.74) is 2.05. The lowest BCUT2D eigenvalue weighted by molar-refractivity contribution is -0.141. The Labute approximate surface area is 125 Å². The first-order chi connectivity index (χ1) is 9.97. The highest BCUT2D eigenvalue weighted by atomic mass is 16.5. The molecule has 0 aromatic heterocycles. The summed E-state index contributed by atoms with van der Waals surface area (Å²) in [6, 6.07) is 3.95. The molecule has 2 N–H and O–H groups in total. The van der Waals surface area contributed by atoms with Gasteiger partial charge in [-0.05, 0) is 24.5 Å². The average molecular weight is 293 g/mol. The molecule has 0 saturated carbocycles. The van der Waals surface area contributed by atoms with E-state index >= 15 is 0 Å². The summed E-state index contributed by atoms with van der Waals surface area (Å²) in [6.45, 7) is 4.69. The number of methoxy groups -OCH3 is 2. The van der Waals surface area contributed by atoms with Crippen LogP contribution in [-0.4, -0.2) is 31.8 Å². The number of aliphatic carboxylic acids is 1. The summed E-state index contributed by atoms with van der Waals surface area (Å²) in [5, 5.41) is 12.4. The molecule has 5 nitrogen and oxygen atoms in total. The molecule has 21 heavy (non-hydrogen) atoms. The standard InChI is InChI=1S/C16H23NO4/c1-9(2)11-6-15(21-4)12(7-14(11)20-3)13-5-10(8-17-13)16(18)19/h6-7,9-10,13,17H,5,8H2,1-4H3,(H,18,19). The first kappa shape index (κ1) is 15.6. The first-order valence-corrected chi connectivity index (χ1v) is 7.19. The molecule has 2 atom stereocenters. The van der Waals surface area contributed by atoms with Gasteiger partial charge in [-0.25, -0.2) is 0 Å². The predicted octanol–water partition coefficient (Wildman–Crippen LogP) is 2.56. The summed E-state index contributed by atoms with van der Waals surface area (Å²) in [5.74, 6) is 0.820. The molecule has 0 amide bonds. The van der Waals surface area contributed by atoms with Gasteiger partial charge < -0.3 is 19.9 Å². The monoisotopic (exact) mass is 293 g/mol. The molecular weight excluding hydrogens is 270 g/mol. The number of carboxylic acid groups (broad SMARTS) is 1. The van der Waals surface area contributed by atoms with Crippen LogP contribution < -0.4 is 14.8 Å². The molecular formula is C16H23NO4. The van der Waals surface area contributed by atoms with E-state index in [2.05, 4.69) is 19.2 Å². The van der Waals surface area contributed by atoms with Crippen LogP contribution in [-0.2, 0) is 4.79 Å². The van der Waals surface area contributed by atoms with Gasteiger partial charge in [0.25, 0.3) is 0 Å². The molecule has 1 aliphatic rings. The molecule has 1 aromatic rings. The third-order valence-corrected chi connectivity index (χ3v) is 4.06. The maximum Gasteiger partial charge on any atom is 0.307 e. The number of carboxylic acids is 1. The Morgan fingerprint density at radius 3 is 2.43 bits per heavy atom. The molecule has 1 aromatic carbocycles. The molecule has 0 aliphatic carbocycles. The molecule has 116 valence electrons. The van der Waals surface area contributed by atoms with E-state index in [1.165, 1.54) is 0 Å². The molecule has 0 spiro atoms. The van der Waals surface area contributed by atoms with E-state index in [0.29, 0.717) is 18.9 Å². The van der Waals surface area contributed by atoms with Gasteiger partial charge in [-0.1, -0.05) is 13.8 Å². The van der Waals surface area contributed by atoms with E-state index in [-0.39, 0.29) is 12.0 Å². The predicted molar refractivity (Wildman–Crippen MR) is 80.1 cm³/mol. The van der Waals surface area contributed by atoms with E-state index in [4.69, 9.17) is 14.6 Å². The lowest BCUT2D eigenvalue weighted by Gasteiger charge is -2.20. The minimum absolute atomic E-state index is 0.0174. The number of ether oxygens (including phenoxy) is 2. The maximum absolute atomic E-state index is 11.1. The van der Waals surface area contributed by atoms with Crippen LogP contribution in [0, 0.1) is 5.92 Å². The SMILES string of the molecule is COc1cc(C2CC(C(=O)O)CN2)c(OC)cc1C(C)C. The van der Waals surface area contributed by atoms with Crippen molar-refractivity contribution in [2.24, 2.45) is 5.92 Å². The normalized spacial score (nSPS) is 21.6. The topological polar surface area (TPSA) is 67.8 Å². The molecule has 1 heterocycles. The first-order valence-electron chi connectivity index (χ1n) is 7.19. The molecule has 1 aliphatic heterocycles. The van der Waals surface area contributed by atoms with Crippen molar-refractivity contribution in [3.8, 4) is 11.5 Å². The lowest BCUT2D eigenvalue weighted by atomic mass is 9.94. The van der Waals surface area contributed by atoms with Gasteiger partial charge in [0.05, 0.1) is 20.1 Å². The van der Waals surface area contributed by atoms with E-state index in [9.17, 15) is 4.79 Å². The minimum atomic E-state index is -0.755. The van der Waals surface area contributed by atoms with Crippen LogP contribution in [0.5, 0.6) is 11.5 Å². The number of nitrogens with one attached hydrogen (secondary N) is 1. The highest BCUT2D eigenvalue weighted by Crippen LogP contribution is 2.39. The van der Waals surface area contributed by atoms with Crippen LogP contribution >= 0.6 is 0 Å². The zero-order valence-electron chi connectivity index (χ0n) is 13.0. The Kier molecular flexibility index (Phi) is 4.73. The second-order valence-electron chi connectivity index (χ2n) is 5.72. The van der Waals surface area contributed by atoms with Gasteiger partial charge in [0.15, 0.2) is 0 Å². The molecule has 5 heteroatoms. The third-order valence-electron chi connectivity index (χ3n) is 4.06. The molecule has 0 radical (unpaired) electrons. The molecule has 0 bridgehead atoms. The van der Waals surface area contributed by atoms with Gasteiger partial charge >= 0.3 is 5.97 Å². The lowest BCUT2D eigenvalue weighted by Crippen LogP contribution is -2.17. The molecule has 1 fully saturated rings. The summed E-state index contributed by atoms with van der Waals surface area (Å²) in [4.78, 5) is 11.1. The van der Waals surface area contributed by atoms with Crippen molar-refractivity contribution in [3.63, 3.8) is 0 Å².